The summed E-state index contributed by atoms with van der Waals surface area (Å²) < 4.78 is 39.3. The predicted octanol–water partition coefficient (Wildman–Crippen LogP) is 15.9. The molecule has 0 rings (SSSR count). The standard InChI is InChI=1S/C58H99O11P/c1-4-7-10-13-16-19-22-25-27-30-32-35-38-41-44-47-56(60)65-51-55(69-58(62)49-46-43-40-37-34-31-28-26-23-20-17-14-11-8-5-2)53-67-70(63,64)66-52-54(50-59)68-57(61)48-45-42-39-36-33-29-24-21-18-15-12-9-6-3/h8,11,16-17,19-20,25-28,34,37,43,46,54-55,59H,4-7,9-10,12-15,18,21-24,29-33,35-36,38-42,44-45,47-53H2,1-3H3,(H,63,64)/b11-8-,19-16-,20-17-,27-25-,28-26-,37-34-,46-43-. The molecule has 0 saturated heterocycles. The molecule has 11 nitrogen and oxygen atoms in total. The minimum absolute atomic E-state index is 0.0694. The van der Waals surface area contributed by atoms with Gasteiger partial charge in [0.05, 0.1) is 26.2 Å². The molecule has 0 radical (unpaired) electrons. The summed E-state index contributed by atoms with van der Waals surface area (Å²) in [6.07, 6.45) is 58.6. The number of aliphatic hydroxyl groups is 1. The molecule has 0 heterocycles. The minimum Gasteiger partial charge on any atom is -0.462 e. The molecule has 3 unspecified atom stereocenters. The normalized spacial score (nSPS) is 14.1. The molecule has 0 aromatic carbocycles. The molecular weight excluding hydrogens is 904 g/mol. The molecule has 0 amide bonds. The minimum atomic E-state index is -4.77. The molecule has 0 aliphatic carbocycles. The Morgan fingerprint density at radius 1 is 0.429 bits per heavy atom. The fourth-order valence-corrected chi connectivity index (χ4v) is 7.95. The lowest BCUT2D eigenvalue weighted by molar-refractivity contribution is -0.160. The van der Waals surface area contributed by atoms with Crippen molar-refractivity contribution >= 4 is 25.7 Å². The van der Waals surface area contributed by atoms with Crippen LogP contribution in [0.15, 0.2) is 85.1 Å². The van der Waals surface area contributed by atoms with E-state index in [2.05, 4.69) is 81.5 Å². The van der Waals surface area contributed by atoms with Crippen molar-refractivity contribution in [3.63, 3.8) is 0 Å². The average molecular weight is 1000 g/mol. The summed E-state index contributed by atoms with van der Waals surface area (Å²) in [6, 6.07) is 0. The SMILES string of the molecule is CC/C=C\C/C=C\C/C=C\C/C=C\C/C=C\CC(=O)OC(COC(=O)CCCCCCC/C=C\C/C=C\CCCCC)COP(=O)(O)OCC(CO)OC(=O)CCCCCCCCCCCCCCC. The van der Waals surface area contributed by atoms with Gasteiger partial charge in [-0.15, -0.1) is 0 Å². The average Bonchev–Trinajstić information content (AvgIpc) is 3.35. The molecule has 70 heavy (non-hydrogen) atoms. The summed E-state index contributed by atoms with van der Waals surface area (Å²) in [5, 5.41) is 9.79. The van der Waals surface area contributed by atoms with Crippen molar-refractivity contribution in [2.45, 2.75) is 238 Å². The van der Waals surface area contributed by atoms with Gasteiger partial charge in [0.1, 0.15) is 12.7 Å². The van der Waals surface area contributed by atoms with Crippen LogP contribution in [-0.2, 0) is 42.2 Å². The van der Waals surface area contributed by atoms with Gasteiger partial charge in [-0.2, -0.15) is 0 Å². The zero-order valence-corrected chi connectivity index (χ0v) is 45.1. The van der Waals surface area contributed by atoms with Crippen LogP contribution in [-0.4, -0.2) is 66.5 Å². The van der Waals surface area contributed by atoms with E-state index in [4.69, 9.17) is 23.3 Å². The molecule has 12 heteroatoms. The Morgan fingerprint density at radius 2 is 0.800 bits per heavy atom. The number of hydrogen-bond donors (Lipinski definition) is 2. The summed E-state index contributed by atoms with van der Waals surface area (Å²) in [7, 11) is -4.77. The first kappa shape index (κ1) is 66.7. The second-order valence-electron chi connectivity index (χ2n) is 18.0. The Morgan fingerprint density at radius 3 is 1.29 bits per heavy atom. The Bertz CT molecular complexity index is 1500. The third kappa shape index (κ3) is 49.6. The second-order valence-corrected chi connectivity index (χ2v) is 19.5. The molecule has 0 aromatic rings. The van der Waals surface area contributed by atoms with E-state index in [9.17, 15) is 28.9 Å². The lowest BCUT2D eigenvalue weighted by Gasteiger charge is -2.21. The third-order valence-electron chi connectivity index (χ3n) is 11.3. The van der Waals surface area contributed by atoms with Gasteiger partial charge < -0.3 is 24.2 Å². The molecule has 0 aromatic heterocycles. The highest BCUT2D eigenvalue weighted by Crippen LogP contribution is 2.43. The maximum atomic E-state index is 12.9. The molecule has 0 aliphatic rings. The first-order valence-electron chi connectivity index (χ1n) is 27.5. The highest BCUT2D eigenvalue weighted by molar-refractivity contribution is 7.47. The van der Waals surface area contributed by atoms with Gasteiger partial charge in [0.25, 0.3) is 0 Å². The summed E-state index contributed by atoms with van der Waals surface area (Å²) >= 11 is 0. The van der Waals surface area contributed by atoms with Gasteiger partial charge in [0.2, 0.25) is 0 Å². The Labute approximate surface area is 426 Å². The van der Waals surface area contributed by atoms with E-state index in [1.54, 1.807) is 6.08 Å². The number of carbonyl (C=O) groups is 3. The number of esters is 3. The van der Waals surface area contributed by atoms with Gasteiger partial charge in [-0.1, -0.05) is 215 Å². The fraction of sp³-hybridized carbons (Fsp3) is 0.707. The first-order valence-corrected chi connectivity index (χ1v) is 29.0. The molecule has 402 valence electrons. The van der Waals surface area contributed by atoms with Gasteiger partial charge in [-0.05, 0) is 77.0 Å². The van der Waals surface area contributed by atoms with Crippen LogP contribution in [0.25, 0.3) is 0 Å². The van der Waals surface area contributed by atoms with Crippen molar-refractivity contribution < 1.29 is 52.2 Å². The topological polar surface area (TPSA) is 155 Å². The van der Waals surface area contributed by atoms with Crippen molar-refractivity contribution in [2.75, 3.05) is 26.4 Å². The van der Waals surface area contributed by atoms with Gasteiger partial charge in [0.15, 0.2) is 6.10 Å². The van der Waals surface area contributed by atoms with Gasteiger partial charge >= 0.3 is 25.7 Å². The number of unbranched alkanes of at least 4 members (excludes halogenated alkanes) is 20. The number of aliphatic hydroxyl groups excluding tert-OH is 1. The zero-order chi connectivity index (χ0) is 51.3. The van der Waals surface area contributed by atoms with E-state index in [1.807, 2.05) is 18.2 Å². The van der Waals surface area contributed by atoms with Crippen LogP contribution in [0.3, 0.4) is 0 Å². The van der Waals surface area contributed by atoms with Crippen molar-refractivity contribution in [1.29, 1.82) is 0 Å². The lowest BCUT2D eigenvalue weighted by atomic mass is 10.0. The quantitative estimate of drug-likeness (QED) is 0.0197. The first-order chi connectivity index (χ1) is 34.2. The van der Waals surface area contributed by atoms with Crippen LogP contribution in [0.2, 0.25) is 0 Å². The number of phosphoric acid groups is 1. The number of phosphoric ester groups is 1. The summed E-state index contributed by atoms with van der Waals surface area (Å²) in [4.78, 5) is 48.3. The summed E-state index contributed by atoms with van der Waals surface area (Å²) in [5.74, 6) is -1.64. The number of hydrogen-bond acceptors (Lipinski definition) is 10. The highest BCUT2D eigenvalue weighted by atomic mass is 31.2. The second kappa shape index (κ2) is 52.0. The number of allylic oxidation sites excluding steroid dienone is 13. The Hall–Kier alpha value is -3.34. The third-order valence-corrected chi connectivity index (χ3v) is 12.3. The van der Waals surface area contributed by atoms with Gasteiger partial charge in [-0.25, -0.2) is 4.57 Å². The van der Waals surface area contributed by atoms with E-state index in [-0.39, 0.29) is 25.9 Å². The molecular formula is C58H99O11P. The zero-order valence-electron chi connectivity index (χ0n) is 44.2. The molecule has 0 aliphatic heterocycles. The number of ether oxygens (including phenoxy) is 3. The lowest BCUT2D eigenvalue weighted by Crippen LogP contribution is -2.30. The van der Waals surface area contributed by atoms with Crippen LogP contribution >= 0.6 is 7.82 Å². The highest BCUT2D eigenvalue weighted by Gasteiger charge is 2.28. The molecule has 0 spiro atoms. The molecule has 3 atom stereocenters. The van der Waals surface area contributed by atoms with E-state index in [0.717, 1.165) is 89.9 Å². The van der Waals surface area contributed by atoms with E-state index < -0.39 is 57.8 Å². The summed E-state index contributed by atoms with van der Waals surface area (Å²) in [5.41, 5.74) is 0. The largest absolute Gasteiger partial charge is 0.472 e. The maximum absolute atomic E-state index is 12.9. The van der Waals surface area contributed by atoms with Crippen molar-refractivity contribution in [3.05, 3.63) is 85.1 Å². The van der Waals surface area contributed by atoms with Crippen molar-refractivity contribution in [2.24, 2.45) is 0 Å². The van der Waals surface area contributed by atoms with E-state index >= 15 is 0 Å². The Balaban J connectivity index is 4.86. The van der Waals surface area contributed by atoms with E-state index in [1.165, 1.54) is 77.0 Å². The monoisotopic (exact) mass is 1000 g/mol. The number of rotatable bonds is 50. The van der Waals surface area contributed by atoms with Gasteiger partial charge in [-0.3, -0.25) is 23.4 Å². The molecule has 0 saturated carbocycles. The summed E-state index contributed by atoms with van der Waals surface area (Å²) in [6.45, 7) is 4.37. The molecule has 0 bridgehead atoms. The maximum Gasteiger partial charge on any atom is 0.472 e. The van der Waals surface area contributed by atoms with E-state index in [0.29, 0.717) is 19.3 Å². The van der Waals surface area contributed by atoms with Crippen LogP contribution < -0.4 is 0 Å². The van der Waals surface area contributed by atoms with Crippen molar-refractivity contribution in [3.8, 4) is 0 Å². The van der Waals surface area contributed by atoms with Crippen LogP contribution in [0.5, 0.6) is 0 Å². The van der Waals surface area contributed by atoms with Crippen LogP contribution in [0, 0.1) is 0 Å². The van der Waals surface area contributed by atoms with Crippen LogP contribution in [0.1, 0.15) is 226 Å². The Kier molecular flexibility index (Phi) is 49.5. The smallest absolute Gasteiger partial charge is 0.462 e. The van der Waals surface area contributed by atoms with Crippen molar-refractivity contribution in [1.82, 2.24) is 0 Å². The fourth-order valence-electron chi connectivity index (χ4n) is 7.17. The molecule has 2 N–H and O–H groups in total. The molecule has 0 fully saturated rings. The van der Waals surface area contributed by atoms with Gasteiger partial charge in [0, 0.05) is 12.8 Å². The van der Waals surface area contributed by atoms with Crippen LogP contribution in [0.4, 0.5) is 0 Å². The predicted molar refractivity (Wildman–Crippen MR) is 288 cm³/mol. The number of carbonyl (C=O) groups excluding carboxylic acids is 3.